The minimum atomic E-state index is 0.275. The van der Waals surface area contributed by atoms with Gasteiger partial charge >= 0.3 is 0 Å². The average Bonchev–Trinajstić information content (AvgIpc) is 2.50. The SMILES string of the molecule is COc1ccc2c(c1)[C@@]13C=CCC[C@@H]1[C@@H](C2)N(C)CC3. The van der Waals surface area contributed by atoms with Crippen molar-refractivity contribution < 1.29 is 4.74 Å². The number of rotatable bonds is 1. The highest BCUT2D eigenvalue weighted by Gasteiger charge is 2.51. The normalized spacial score (nSPS) is 35.3. The first-order valence-electron chi connectivity index (χ1n) is 7.80. The van der Waals surface area contributed by atoms with Crippen LogP contribution in [0.25, 0.3) is 0 Å². The second-order valence-corrected chi connectivity index (χ2v) is 6.65. The van der Waals surface area contributed by atoms with Gasteiger partial charge in [-0.15, -0.1) is 0 Å². The Hall–Kier alpha value is -1.28. The van der Waals surface area contributed by atoms with E-state index in [4.69, 9.17) is 4.74 Å². The van der Waals surface area contributed by atoms with Crippen LogP contribution in [0.1, 0.15) is 30.4 Å². The van der Waals surface area contributed by atoms with Crippen LogP contribution in [0.15, 0.2) is 30.4 Å². The van der Waals surface area contributed by atoms with Gasteiger partial charge < -0.3 is 9.64 Å². The Morgan fingerprint density at radius 1 is 1.35 bits per heavy atom. The molecule has 0 saturated carbocycles. The van der Waals surface area contributed by atoms with Crippen LogP contribution in [0.4, 0.5) is 0 Å². The summed E-state index contributed by atoms with van der Waals surface area (Å²) in [5.41, 5.74) is 3.35. The molecule has 1 heterocycles. The molecule has 0 aromatic heterocycles. The zero-order valence-corrected chi connectivity index (χ0v) is 12.4. The highest BCUT2D eigenvalue weighted by Crippen LogP contribution is 2.53. The van der Waals surface area contributed by atoms with E-state index in [-0.39, 0.29) is 5.41 Å². The molecule has 2 heteroatoms. The highest BCUT2D eigenvalue weighted by atomic mass is 16.5. The number of allylic oxidation sites excluding steroid dienone is 2. The summed E-state index contributed by atoms with van der Waals surface area (Å²) in [5, 5.41) is 0. The fraction of sp³-hybridized carbons (Fsp3) is 0.556. The summed E-state index contributed by atoms with van der Waals surface area (Å²) >= 11 is 0. The molecule has 3 aliphatic rings. The van der Waals surface area contributed by atoms with Crippen molar-refractivity contribution in [3.8, 4) is 5.75 Å². The molecule has 0 spiro atoms. The van der Waals surface area contributed by atoms with Gasteiger partial charge in [-0.05, 0) is 68.5 Å². The molecule has 2 aliphatic carbocycles. The van der Waals surface area contributed by atoms with Crippen molar-refractivity contribution >= 4 is 0 Å². The fourth-order valence-corrected chi connectivity index (χ4v) is 4.83. The molecule has 20 heavy (non-hydrogen) atoms. The van der Waals surface area contributed by atoms with Gasteiger partial charge in [0.05, 0.1) is 7.11 Å². The number of likely N-dealkylation sites (N-methyl/N-ethyl adjacent to an activating group) is 1. The van der Waals surface area contributed by atoms with Crippen molar-refractivity contribution in [2.75, 3.05) is 20.7 Å². The summed E-state index contributed by atoms with van der Waals surface area (Å²) in [6, 6.07) is 7.44. The summed E-state index contributed by atoms with van der Waals surface area (Å²) < 4.78 is 5.48. The summed E-state index contributed by atoms with van der Waals surface area (Å²) in [4.78, 5) is 2.59. The number of nitrogens with zero attached hydrogens (tertiary/aromatic N) is 1. The van der Waals surface area contributed by atoms with Crippen molar-refractivity contribution in [2.45, 2.75) is 37.1 Å². The molecular formula is C18H23NO. The van der Waals surface area contributed by atoms with E-state index in [2.05, 4.69) is 42.3 Å². The summed E-state index contributed by atoms with van der Waals surface area (Å²) in [5.74, 6) is 1.79. The Labute approximate surface area is 121 Å². The molecule has 0 radical (unpaired) electrons. The van der Waals surface area contributed by atoms with Gasteiger partial charge in [-0.3, -0.25) is 0 Å². The third-order valence-corrected chi connectivity index (χ3v) is 5.88. The average molecular weight is 269 g/mol. The molecule has 2 nitrogen and oxygen atoms in total. The lowest BCUT2D eigenvalue weighted by Gasteiger charge is -2.56. The van der Waals surface area contributed by atoms with E-state index < -0.39 is 0 Å². The molecule has 0 amide bonds. The van der Waals surface area contributed by atoms with Crippen LogP contribution < -0.4 is 4.74 Å². The smallest absolute Gasteiger partial charge is 0.119 e. The van der Waals surface area contributed by atoms with E-state index in [0.29, 0.717) is 0 Å². The summed E-state index contributed by atoms with van der Waals surface area (Å²) in [6.07, 6.45) is 9.97. The quantitative estimate of drug-likeness (QED) is 0.726. The van der Waals surface area contributed by atoms with Crippen LogP contribution in [0.5, 0.6) is 5.75 Å². The Morgan fingerprint density at radius 2 is 2.25 bits per heavy atom. The number of hydrogen-bond donors (Lipinski definition) is 0. The Morgan fingerprint density at radius 3 is 3.10 bits per heavy atom. The molecule has 106 valence electrons. The first-order valence-corrected chi connectivity index (χ1v) is 7.80. The molecule has 3 atom stereocenters. The minimum absolute atomic E-state index is 0.275. The lowest BCUT2D eigenvalue weighted by atomic mass is 9.54. The molecule has 1 fully saturated rings. The Kier molecular flexibility index (Phi) is 2.71. The minimum Gasteiger partial charge on any atom is -0.497 e. The standard InChI is InChI=1S/C18H23NO/c1-19-10-9-18-8-4-3-5-15(18)17(19)11-13-6-7-14(20-2)12-16(13)18/h4,6-8,12,15,17H,3,5,9-11H2,1-2H3/t15-,17-,18-/m1/s1. The zero-order valence-electron chi connectivity index (χ0n) is 12.4. The zero-order chi connectivity index (χ0) is 13.7. The van der Waals surface area contributed by atoms with Gasteiger partial charge in [0.2, 0.25) is 0 Å². The molecular weight excluding hydrogens is 246 g/mol. The molecule has 4 rings (SSSR count). The van der Waals surface area contributed by atoms with E-state index >= 15 is 0 Å². The van der Waals surface area contributed by atoms with Crippen LogP contribution >= 0.6 is 0 Å². The molecule has 1 aliphatic heterocycles. The van der Waals surface area contributed by atoms with Gasteiger partial charge in [0, 0.05) is 11.5 Å². The molecule has 1 aromatic rings. The largest absolute Gasteiger partial charge is 0.497 e. The van der Waals surface area contributed by atoms with Gasteiger partial charge in [-0.1, -0.05) is 18.2 Å². The van der Waals surface area contributed by atoms with Crippen LogP contribution in [-0.4, -0.2) is 31.6 Å². The Balaban J connectivity index is 1.92. The van der Waals surface area contributed by atoms with Gasteiger partial charge in [-0.2, -0.15) is 0 Å². The van der Waals surface area contributed by atoms with Crippen molar-refractivity contribution in [2.24, 2.45) is 5.92 Å². The van der Waals surface area contributed by atoms with Crippen molar-refractivity contribution in [1.82, 2.24) is 4.90 Å². The van der Waals surface area contributed by atoms with E-state index in [1.54, 1.807) is 12.7 Å². The Bertz CT molecular complexity index is 565. The summed E-state index contributed by atoms with van der Waals surface area (Å²) in [7, 11) is 4.08. The number of benzene rings is 1. The topological polar surface area (TPSA) is 12.5 Å². The number of methoxy groups -OCH3 is 1. The predicted molar refractivity (Wildman–Crippen MR) is 81.3 cm³/mol. The first-order chi connectivity index (χ1) is 9.74. The molecule has 1 aromatic carbocycles. The van der Waals surface area contributed by atoms with Crippen LogP contribution in [-0.2, 0) is 11.8 Å². The number of fused-ring (bicyclic) bond motifs is 1. The fourth-order valence-electron chi connectivity index (χ4n) is 4.83. The second kappa shape index (κ2) is 4.36. The van der Waals surface area contributed by atoms with Gasteiger partial charge in [0.15, 0.2) is 0 Å². The van der Waals surface area contributed by atoms with Crippen LogP contribution in [0.3, 0.4) is 0 Å². The monoisotopic (exact) mass is 269 g/mol. The maximum atomic E-state index is 5.48. The van der Waals surface area contributed by atoms with E-state index in [9.17, 15) is 0 Å². The molecule has 2 bridgehead atoms. The van der Waals surface area contributed by atoms with E-state index in [1.165, 1.54) is 37.8 Å². The van der Waals surface area contributed by atoms with Crippen molar-refractivity contribution in [1.29, 1.82) is 0 Å². The number of likely N-dealkylation sites (tertiary alicyclic amines) is 1. The van der Waals surface area contributed by atoms with Gasteiger partial charge in [0.1, 0.15) is 5.75 Å². The second-order valence-electron chi connectivity index (χ2n) is 6.65. The van der Waals surface area contributed by atoms with Crippen molar-refractivity contribution in [3.63, 3.8) is 0 Å². The third-order valence-electron chi connectivity index (χ3n) is 5.88. The van der Waals surface area contributed by atoms with E-state index in [0.717, 1.165) is 17.7 Å². The summed E-state index contributed by atoms with van der Waals surface area (Å²) in [6.45, 7) is 1.21. The number of piperidine rings is 1. The lowest BCUT2D eigenvalue weighted by molar-refractivity contribution is 0.0453. The highest BCUT2D eigenvalue weighted by molar-refractivity contribution is 5.48. The lowest BCUT2D eigenvalue weighted by Crippen LogP contribution is -2.58. The number of ether oxygens (including phenoxy) is 1. The maximum absolute atomic E-state index is 5.48. The molecule has 0 unspecified atom stereocenters. The van der Waals surface area contributed by atoms with Gasteiger partial charge in [-0.25, -0.2) is 0 Å². The van der Waals surface area contributed by atoms with Crippen LogP contribution in [0, 0.1) is 5.92 Å². The van der Waals surface area contributed by atoms with Gasteiger partial charge in [0.25, 0.3) is 0 Å². The maximum Gasteiger partial charge on any atom is 0.119 e. The number of hydrogen-bond acceptors (Lipinski definition) is 2. The molecule has 0 N–H and O–H groups in total. The predicted octanol–water partition coefficient (Wildman–Crippen LogP) is 3.16. The first kappa shape index (κ1) is 12.5. The third kappa shape index (κ3) is 1.54. The van der Waals surface area contributed by atoms with Crippen LogP contribution in [0.2, 0.25) is 0 Å². The van der Waals surface area contributed by atoms with Crippen molar-refractivity contribution in [3.05, 3.63) is 41.5 Å². The molecule has 1 saturated heterocycles. The van der Waals surface area contributed by atoms with E-state index in [1.807, 2.05) is 0 Å².